The number of carbonyl (C=O) groups excluding carboxylic acids is 2. The van der Waals surface area contributed by atoms with Crippen molar-refractivity contribution in [1.82, 2.24) is 4.90 Å². The number of esters is 1. The molecule has 0 aromatic carbocycles. The first kappa shape index (κ1) is 53.2. The quantitative estimate of drug-likeness (QED) is 0.0481. The van der Waals surface area contributed by atoms with E-state index in [4.69, 9.17) is 19.3 Å². The third-order valence-corrected chi connectivity index (χ3v) is 11.1. The summed E-state index contributed by atoms with van der Waals surface area (Å²) in [7, 11) is 0. The normalized spacial score (nSPS) is 11.9. The second-order valence-electron chi connectivity index (χ2n) is 16.2. The van der Waals surface area contributed by atoms with Crippen LogP contribution in [-0.2, 0) is 23.8 Å². The van der Waals surface area contributed by atoms with E-state index in [-0.39, 0.29) is 12.1 Å². The summed E-state index contributed by atoms with van der Waals surface area (Å²) in [6.45, 7) is 10.2. The fourth-order valence-electron chi connectivity index (χ4n) is 7.40. The minimum absolute atomic E-state index is 0.107. The summed E-state index contributed by atoms with van der Waals surface area (Å²) < 4.78 is 16.7. The number of unbranched alkanes of at least 4 members (excludes halogenated alkanes) is 27. The monoisotopic (exact) mass is 782 g/mol. The molecule has 8 nitrogen and oxygen atoms in total. The van der Waals surface area contributed by atoms with Crippen LogP contribution < -0.4 is 0 Å². The second kappa shape index (κ2) is 43.3. The number of carboxylic acids is 1. The van der Waals surface area contributed by atoms with E-state index in [0.29, 0.717) is 38.9 Å². The molecule has 1 N–H and O–H groups in total. The zero-order valence-corrected chi connectivity index (χ0v) is 36.7. The lowest BCUT2D eigenvalue weighted by Gasteiger charge is -2.19. The van der Waals surface area contributed by atoms with E-state index >= 15 is 0 Å². The van der Waals surface area contributed by atoms with Crippen molar-refractivity contribution in [3.8, 4) is 0 Å². The summed E-state index contributed by atoms with van der Waals surface area (Å²) in [4.78, 5) is 37.7. The maximum absolute atomic E-state index is 12.5. The highest BCUT2D eigenvalue weighted by Crippen LogP contribution is 2.18. The maximum atomic E-state index is 12.5. The minimum Gasteiger partial charge on any atom is -0.481 e. The lowest BCUT2D eigenvalue weighted by Crippen LogP contribution is -2.26. The largest absolute Gasteiger partial charge is 0.508 e. The molecule has 0 rings (SSSR count). The van der Waals surface area contributed by atoms with Crippen LogP contribution in [0.15, 0.2) is 0 Å². The number of carboxylic acid groups (broad SMARTS) is 1. The first-order valence-electron chi connectivity index (χ1n) is 23.9. The smallest absolute Gasteiger partial charge is 0.481 e. The predicted molar refractivity (Wildman–Crippen MR) is 230 cm³/mol. The predicted octanol–water partition coefficient (Wildman–Crippen LogP) is 14.2. The molecule has 8 heteroatoms. The van der Waals surface area contributed by atoms with Crippen LogP contribution in [0.25, 0.3) is 0 Å². The Labute approximate surface area is 340 Å². The van der Waals surface area contributed by atoms with Crippen LogP contribution in [0.2, 0.25) is 0 Å². The van der Waals surface area contributed by atoms with Crippen molar-refractivity contribution >= 4 is 18.1 Å². The number of carbonyl (C=O) groups is 3. The lowest BCUT2D eigenvalue weighted by atomic mass is 10.0. The van der Waals surface area contributed by atoms with Gasteiger partial charge in [-0.15, -0.1) is 0 Å². The van der Waals surface area contributed by atoms with Crippen molar-refractivity contribution < 1.29 is 33.7 Å². The average Bonchev–Trinajstić information content (AvgIpc) is 3.17. The van der Waals surface area contributed by atoms with Gasteiger partial charge in [-0.3, -0.25) is 9.59 Å². The molecule has 1 atom stereocenters. The molecule has 0 aliphatic heterocycles. The highest BCUT2D eigenvalue weighted by molar-refractivity contribution is 5.69. The van der Waals surface area contributed by atoms with Crippen molar-refractivity contribution in [3.63, 3.8) is 0 Å². The van der Waals surface area contributed by atoms with Gasteiger partial charge in [-0.2, -0.15) is 0 Å². The Morgan fingerprint density at radius 1 is 0.455 bits per heavy atom. The van der Waals surface area contributed by atoms with E-state index in [1.807, 2.05) is 0 Å². The second-order valence-corrected chi connectivity index (χ2v) is 16.2. The van der Waals surface area contributed by atoms with Gasteiger partial charge in [0.05, 0.1) is 13.2 Å². The molecule has 55 heavy (non-hydrogen) atoms. The minimum atomic E-state index is -0.669. The van der Waals surface area contributed by atoms with Crippen LogP contribution in [0.4, 0.5) is 4.79 Å². The Balaban J connectivity index is 3.89. The van der Waals surface area contributed by atoms with Crippen molar-refractivity contribution in [2.45, 2.75) is 252 Å². The highest BCUT2D eigenvalue weighted by atomic mass is 16.7. The molecule has 0 heterocycles. The first-order valence-corrected chi connectivity index (χ1v) is 23.9. The van der Waals surface area contributed by atoms with Gasteiger partial charge in [-0.1, -0.05) is 188 Å². The van der Waals surface area contributed by atoms with E-state index in [1.54, 1.807) is 0 Å². The Morgan fingerprint density at radius 3 is 1.27 bits per heavy atom. The van der Waals surface area contributed by atoms with Gasteiger partial charge in [0.1, 0.15) is 6.10 Å². The number of hydrogen-bond acceptors (Lipinski definition) is 7. The molecule has 326 valence electrons. The molecule has 0 aromatic heterocycles. The van der Waals surface area contributed by atoms with Gasteiger partial charge in [0.2, 0.25) is 0 Å². The van der Waals surface area contributed by atoms with Gasteiger partial charge in [-0.05, 0) is 58.0 Å². The van der Waals surface area contributed by atoms with Crippen molar-refractivity contribution in [2.75, 3.05) is 32.8 Å². The summed E-state index contributed by atoms with van der Waals surface area (Å²) in [5, 5.41) is 8.67. The van der Waals surface area contributed by atoms with E-state index in [2.05, 4.69) is 25.7 Å². The lowest BCUT2D eigenvalue weighted by molar-refractivity contribution is -0.144. The van der Waals surface area contributed by atoms with Crippen LogP contribution in [-0.4, -0.2) is 67.1 Å². The van der Waals surface area contributed by atoms with E-state index in [9.17, 15) is 14.4 Å². The first-order chi connectivity index (χ1) is 26.9. The van der Waals surface area contributed by atoms with Crippen molar-refractivity contribution in [1.29, 1.82) is 0 Å². The SMILES string of the molecule is CCCCCCCCCCCCC(CCCOC(=O)CCCCCCCCCCCCCCCCCCCCCC(=O)O)OC(=O)OCCCN(CC)CC. The molecule has 0 spiro atoms. The molecule has 0 aliphatic rings. The summed E-state index contributed by atoms with van der Waals surface area (Å²) in [6, 6.07) is 0. The molecule has 0 saturated carbocycles. The summed E-state index contributed by atoms with van der Waals surface area (Å²) in [5.41, 5.74) is 0. The number of nitrogens with zero attached hydrogens (tertiary/aromatic N) is 1. The molecular weight excluding hydrogens is 691 g/mol. The highest BCUT2D eigenvalue weighted by Gasteiger charge is 2.16. The van der Waals surface area contributed by atoms with E-state index in [0.717, 1.165) is 71.0 Å². The summed E-state index contributed by atoms with van der Waals surface area (Å²) in [5.74, 6) is -0.776. The number of ether oxygens (including phenoxy) is 3. The van der Waals surface area contributed by atoms with Crippen LogP contribution >= 0.6 is 0 Å². The van der Waals surface area contributed by atoms with Crippen LogP contribution in [0, 0.1) is 0 Å². The topological polar surface area (TPSA) is 102 Å². The van der Waals surface area contributed by atoms with E-state index in [1.165, 1.54) is 148 Å². The van der Waals surface area contributed by atoms with Gasteiger partial charge in [0, 0.05) is 19.4 Å². The maximum Gasteiger partial charge on any atom is 0.508 e. The molecule has 1 unspecified atom stereocenters. The van der Waals surface area contributed by atoms with Crippen LogP contribution in [0.1, 0.15) is 245 Å². The van der Waals surface area contributed by atoms with Gasteiger partial charge >= 0.3 is 18.1 Å². The Hall–Kier alpha value is -1.83. The Morgan fingerprint density at radius 2 is 0.836 bits per heavy atom. The number of rotatable bonds is 44. The third kappa shape index (κ3) is 41.6. The summed E-state index contributed by atoms with van der Waals surface area (Å²) >= 11 is 0. The van der Waals surface area contributed by atoms with Gasteiger partial charge < -0.3 is 24.2 Å². The Bertz CT molecular complexity index is 834. The molecule has 0 aromatic rings. The van der Waals surface area contributed by atoms with Gasteiger partial charge in [-0.25, -0.2) is 4.79 Å². The third-order valence-electron chi connectivity index (χ3n) is 11.1. The van der Waals surface area contributed by atoms with E-state index < -0.39 is 12.1 Å². The molecule has 0 saturated heterocycles. The molecule has 0 bridgehead atoms. The summed E-state index contributed by atoms with van der Waals surface area (Å²) in [6.07, 6.45) is 39.4. The zero-order chi connectivity index (χ0) is 40.3. The fraction of sp³-hybridized carbons (Fsp3) is 0.936. The zero-order valence-electron chi connectivity index (χ0n) is 36.7. The number of aliphatic carboxylic acids is 1. The van der Waals surface area contributed by atoms with Crippen molar-refractivity contribution in [2.24, 2.45) is 0 Å². The van der Waals surface area contributed by atoms with Gasteiger partial charge in [0.25, 0.3) is 0 Å². The molecular formula is C47H91NO7. The number of hydrogen-bond donors (Lipinski definition) is 1. The van der Waals surface area contributed by atoms with Gasteiger partial charge in [0.15, 0.2) is 0 Å². The fourth-order valence-corrected chi connectivity index (χ4v) is 7.40. The molecule has 0 radical (unpaired) electrons. The van der Waals surface area contributed by atoms with Crippen LogP contribution in [0.3, 0.4) is 0 Å². The molecule has 0 fully saturated rings. The standard InChI is InChI=1S/C47H91NO7/c1-4-7-8-9-10-11-23-26-29-32-37-44(55-47(52)54-43-36-41-48(5-2)6-3)38-35-42-53-46(51)40-34-31-28-25-22-20-18-16-14-12-13-15-17-19-21-24-27-30-33-39-45(49)50/h44H,4-43H2,1-3H3,(H,49,50). The molecule has 0 amide bonds. The average molecular weight is 782 g/mol. The van der Waals surface area contributed by atoms with Crippen LogP contribution in [0.5, 0.6) is 0 Å². The Kier molecular flexibility index (Phi) is 41.9. The van der Waals surface area contributed by atoms with Crippen molar-refractivity contribution in [3.05, 3.63) is 0 Å². The molecule has 0 aliphatic carbocycles.